The minimum absolute atomic E-state index is 0. The maximum absolute atomic E-state index is 13.7. The van der Waals surface area contributed by atoms with E-state index < -0.39 is 0 Å². The van der Waals surface area contributed by atoms with E-state index in [1.165, 1.54) is 0 Å². The highest BCUT2D eigenvalue weighted by Gasteiger charge is 2.24. The molecular weight excluding hydrogens is 303 g/mol. The van der Waals surface area contributed by atoms with E-state index >= 15 is 0 Å². The maximum atomic E-state index is 13.7. The minimum Gasteiger partial charge on any atom is -0.496 e. The lowest BCUT2D eigenvalue weighted by Crippen LogP contribution is -2.45. The first-order valence-electron chi connectivity index (χ1n) is 7.41. The summed E-state index contributed by atoms with van der Waals surface area (Å²) in [6.45, 7) is 3.25. The van der Waals surface area contributed by atoms with E-state index in [-0.39, 0.29) is 25.1 Å². The molecule has 0 unspecified atom stereocenters. The van der Waals surface area contributed by atoms with Gasteiger partial charge in [-0.25, -0.2) is 4.39 Å². The van der Waals surface area contributed by atoms with E-state index in [0.29, 0.717) is 0 Å². The summed E-state index contributed by atoms with van der Waals surface area (Å²) in [4.78, 5) is 2.23. The summed E-state index contributed by atoms with van der Waals surface area (Å²) in [7, 11) is 1.67. The van der Waals surface area contributed by atoms with E-state index in [2.05, 4.69) is 16.3 Å². The SMILES string of the molecule is COc1ccc([C@@H](CF)N2CCNCC2)c2ccccc12.Cl. The fourth-order valence-electron chi connectivity index (χ4n) is 3.13. The number of halogens is 2. The number of piperazine rings is 1. The third-order valence-electron chi connectivity index (χ3n) is 4.24. The fraction of sp³-hybridized carbons (Fsp3) is 0.412. The van der Waals surface area contributed by atoms with Gasteiger partial charge in [-0.2, -0.15) is 0 Å². The van der Waals surface area contributed by atoms with Crippen LogP contribution in [0.15, 0.2) is 36.4 Å². The van der Waals surface area contributed by atoms with Crippen LogP contribution in [-0.2, 0) is 0 Å². The number of hydrogen-bond donors (Lipinski definition) is 1. The number of nitrogens with one attached hydrogen (secondary N) is 1. The van der Waals surface area contributed by atoms with Gasteiger partial charge in [-0.05, 0) is 17.0 Å². The molecule has 0 radical (unpaired) electrons. The topological polar surface area (TPSA) is 24.5 Å². The molecule has 1 N–H and O–H groups in total. The second-order valence-corrected chi connectivity index (χ2v) is 5.36. The predicted molar refractivity (Wildman–Crippen MR) is 90.9 cm³/mol. The Morgan fingerprint density at radius 2 is 1.82 bits per heavy atom. The summed E-state index contributed by atoms with van der Waals surface area (Å²) < 4.78 is 19.2. The number of nitrogens with zero attached hydrogens (tertiary/aromatic N) is 1. The standard InChI is InChI=1S/C17H21FN2O.ClH/c1-21-17-7-6-14(13-4-2-3-5-15(13)17)16(12-18)20-10-8-19-9-11-20;/h2-7,16,19H,8-12H2,1H3;1H/t16-;/m1./s1. The summed E-state index contributed by atoms with van der Waals surface area (Å²) in [6.07, 6.45) is 0. The zero-order chi connectivity index (χ0) is 14.7. The van der Waals surface area contributed by atoms with Gasteiger partial charge in [0.15, 0.2) is 0 Å². The van der Waals surface area contributed by atoms with Crippen LogP contribution in [0.25, 0.3) is 10.8 Å². The Morgan fingerprint density at radius 1 is 1.14 bits per heavy atom. The van der Waals surface area contributed by atoms with Crippen molar-refractivity contribution in [1.82, 2.24) is 10.2 Å². The Balaban J connectivity index is 0.00000176. The van der Waals surface area contributed by atoms with Crippen molar-refractivity contribution in [2.75, 3.05) is 40.0 Å². The van der Waals surface area contributed by atoms with Gasteiger partial charge in [0.25, 0.3) is 0 Å². The Kier molecular flexibility index (Phi) is 6.00. The van der Waals surface area contributed by atoms with Crippen LogP contribution in [0.2, 0.25) is 0 Å². The first kappa shape index (κ1) is 17.0. The molecule has 1 aliphatic heterocycles. The van der Waals surface area contributed by atoms with Gasteiger partial charge in [-0.15, -0.1) is 12.4 Å². The van der Waals surface area contributed by atoms with E-state index in [0.717, 1.165) is 48.3 Å². The smallest absolute Gasteiger partial charge is 0.126 e. The summed E-state index contributed by atoms with van der Waals surface area (Å²) in [5, 5.41) is 5.45. The lowest BCUT2D eigenvalue weighted by Gasteiger charge is -2.34. The lowest BCUT2D eigenvalue weighted by molar-refractivity contribution is 0.148. The molecule has 22 heavy (non-hydrogen) atoms. The van der Waals surface area contributed by atoms with Crippen molar-refractivity contribution in [3.63, 3.8) is 0 Å². The highest BCUT2D eigenvalue weighted by Crippen LogP contribution is 2.34. The maximum Gasteiger partial charge on any atom is 0.126 e. The van der Waals surface area contributed by atoms with Gasteiger partial charge < -0.3 is 10.1 Å². The number of ether oxygens (including phenoxy) is 1. The van der Waals surface area contributed by atoms with Gasteiger partial charge in [0.1, 0.15) is 12.4 Å². The molecule has 1 fully saturated rings. The molecule has 2 aromatic rings. The number of hydrogen-bond acceptors (Lipinski definition) is 3. The predicted octanol–water partition coefficient (Wildman–Crippen LogP) is 3.19. The third kappa shape index (κ3) is 3.19. The molecule has 1 heterocycles. The van der Waals surface area contributed by atoms with Gasteiger partial charge in [0.2, 0.25) is 0 Å². The van der Waals surface area contributed by atoms with Gasteiger partial charge in [0.05, 0.1) is 13.2 Å². The highest BCUT2D eigenvalue weighted by atomic mass is 35.5. The second kappa shape index (κ2) is 7.77. The zero-order valence-corrected chi connectivity index (χ0v) is 13.5. The summed E-state index contributed by atoms with van der Waals surface area (Å²) in [5.41, 5.74) is 1.05. The van der Waals surface area contributed by atoms with Crippen molar-refractivity contribution in [1.29, 1.82) is 0 Å². The monoisotopic (exact) mass is 324 g/mol. The average molecular weight is 325 g/mol. The first-order valence-corrected chi connectivity index (χ1v) is 7.41. The zero-order valence-electron chi connectivity index (χ0n) is 12.7. The summed E-state index contributed by atoms with van der Waals surface area (Å²) in [5.74, 6) is 0.840. The molecule has 1 aliphatic rings. The van der Waals surface area contributed by atoms with Crippen LogP contribution in [0.1, 0.15) is 11.6 Å². The minimum atomic E-state index is -0.365. The van der Waals surface area contributed by atoms with Crippen molar-refractivity contribution in [2.45, 2.75) is 6.04 Å². The fourth-order valence-corrected chi connectivity index (χ4v) is 3.13. The van der Waals surface area contributed by atoms with Gasteiger partial charge in [-0.1, -0.05) is 30.3 Å². The second-order valence-electron chi connectivity index (χ2n) is 5.36. The molecule has 1 atom stereocenters. The largest absolute Gasteiger partial charge is 0.496 e. The number of benzene rings is 2. The van der Waals surface area contributed by atoms with E-state index in [4.69, 9.17) is 4.74 Å². The molecule has 1 saturated heterocycles. The molecule has 0 saturated carbocycles. The van der Waals surface area contributed by atoms with Crippen LogP contribution in [-0.4, -0.2) is 44.9 Å². The Morgan fingerprint density at radius 3 is 2.45 bits per heavy atom. The molecule has 0 aliphatic carbocycles. The Labute approximate surface area is 136 Å². The molecule has 120 valence electrons. The van der Waals surface area contributed by atoms with Crippen molar-refractivity contribution in [2.24, 2.45) is 0 Å². The van der Waals surface area contributed by atoms with Crippen molar-refractivity contribution in [3.05, 3.63) is 42.0 Å². The van der Waals surface area contributed by atoms with Crippen molar-refractivity contribution < 1.29 is 9.13 Å². The summed E-state index contributed by atoms with van der Waals surface area (Å²) >= 11 is 0. The lowest BCUT2D eigenvalue weighted by atomic mass is 9.97. The van der Waals surface area contributed by atoms with E-state index in [9.17, 15) is 4.39 Å². The first-order chi connectivity index (χ1) is 10.3. The van der Waals surface area contributed by atoms with Crippen LogP contribution in [0, 0.1) is 0 Å². The Hall–Kier alpha value is -1.36. The molecule has 3 rings (SSSR count). The molecule has 5 heteroatoms. The normalized spacial score (nSPS) is 17.0. The van der Waals surface area contributed by atoms with Gasteiger partial charge in [-0.3, -0.25) is 4.90 Å². The van der Waals surface area contributed by atoms with Crippen molar-refractivity contribution in [3.8, 4) is 5.75 Å². The number of alkyl halides is 1. The molecular formula is C17H22ClFN2O. The number of rotatable bonds is 4. The van der Waals surface area contributed by atoms with Crippen molar-refractivity contribution >= 4 is 23.2 Å². The molecule has 0 bridgehead atoms. The molecule has 0 spiro atoms. The molecule has 0 aromatic heterocycles. The molecule has 0 amide bonds. The van der Waals surface area contributed by atoms with Gasteiger partial charge in [0, 0.05) is 31.6 Å². The van der Waals surface area contributed by atoms with Crippen LogP contribution in [0.3, 0.4) is 0 Å². The van der Waals surface area contributed by atoms with Crippen LogP contribution in [0.4, 0.5) is 4.39 Å². The Bertz CT molecular complexity index is 617. The molecule has 3 nitrogen and oxygen atoms in total. The van der Waals surface area contributed by atoms with Crippen LogP contribution in [0.5, 0.6) is 5.75 Å². The molecule has 2 aromatic carbocycles. The van der Waals surface area contributed by atoms with Gasteiger partial charge >= 0.3 is 0 Å². The number of methoxy groups -OCH3 is 1. The van der Waals surface area contributed by atoms with E-state index in [1.807, 2.05) is 30.3 Å². The van der Waals surface area contributed by atoms with Crippen LogP contribution < -0.4 is 10.1 Å². The quantitative estimate of drug-likeness (QED) is 0.935. The number of fused-ring (bicyclic) bond motifs is 1. The highest BCUT2D eigenvalue weighted by molar-refractivity contribution is 5.91. The summed E-state index contributed by atoms with van der Waals surface area (Å²) in [6, 6.07) is 11.9. The van der Waals surface area contributed by atoms with Crippen LogP contribution >= 0.6 is 12.4 Å². The van der Waals surface area contributed by atoms with E-state index in [1.54, 1.807) is 7.11 Å². The third-order valence-corrected chi connectivity index (χ3v) is 4.24. The average Bonchev–Trinajstić information content (AvgIpc) is 2.56.